The number of benzene rings is 3. The molecule has 4 amide bonds. The summed E-state index contributed by atoms with van der Waals surface area (Å²) >= 11 is 0. The first-order chi connectivity index (χ1) is 13.9. The SMILES string of the molecule is Cc1ccccc1NC(=O)Nc1ccc(C)c(NC(=O)Nc2ccccc2C)c1. The van der Waals surface area contributed by atoms with Crippen LogP contribution in [0.1, 0.15) is 16.7 Å². The van der Waals surface area contributed by atoms with E-state index in [0.29, 0.717) is 11.4 Å². The molecule has 0 aliphatic rings. The molecule has 3 aromatic carbocycles. The molecule has 0 atom stereocenters. The van der Waals surface area contributed by atoms with Gasteiger partial charge in [0, 0.05) is 22.7 Å². The van der Waals surface area contributed by atoms with Crippen LogP contribution in [0.5, 0.6) is 0 Å². The van der Waals surface area contributed by atoms with Gasteiger partial charge in [-0.05, 0) is 61.7 Å². The van der Waals surface area contributed by atoms with Crippen LogP contribution in [-0.2, 0) is 0 Å². The average molecular weight is 388 g/mol. The van der Waals surface area contributed by atoms with Crippen molar-refractivity contribution in [3.63, 3.8) is 0 Å². The van der Waals surface area contributed by atoms with Gasteiger partial charge in [0.2, 0.25) is 0 Å². The first-order valence-corrected chi connectivity index (χ1v) is 9.30. The molecule has 6 nitrogen and oxygen atoms in total. The van der Waals surface area contributed by atoms with Gasteiger partial charge in [-0.15, -0.1) is 0 Å². The standard InChI is InChI=1S/C23H24N4O2/c1-15-8-4-6-10-19(15)25-22(28)24-18-13-12-17(3)21(14-18)27-23(29)26-20-11-7-5-9-16(20)2/h4-14H,1-3H3,(H2,24,25,28)(H2,26,27,29). The second kappa shape index (κ2) is 8.93. The molecule has 6 heteroatoms. The van der Waals surface area contributed by atoms with Gasteiger partial charge in [0.1, 0.15) is 0 Å². The van der Waals surface area contributed by atoms with Crippen molar-refractivity contribution in [3.8, 4) is 0 Å². The number of anilines is 4. The van der Waals surface area contributed by atoms with Crippen molar-refractivity contribution in [2.45, 2.75) is 20.8 Å². The molecule has 3 aromatic rings. The minimum Gasteiger partial charge on any atom is -0.308 e. The van der Waals surface area contributed by atoms with E-state index >= 15 is 0 Å². The van der Waals surface area contributed by atoms with Crippen molar-refractivity contribution in [2.75, 3.05) is 21.3 Å². The number of rotatable bonds is 4. The number of aryl methyl sites for hydroxylation is 3. The summed E-state index contributed by atoms with van der Waals surface area (Å²) < 4.78 is 0. The van der Waals surface area contributed by atoms with Crippen LogP contribution in [0.2, 0.25) is 0 Å². The third-order valence-corrected chi connectivity index (χ3v) is 4.53. The minimum absolute atomic E-state index is 0.344. The largest absolute Gasteiger partial charge is 0.323 e. The number of hydrogen-bond acceptors (Lipinski definition) is 2. The van der Waals surface area contributed by atoms with Gasteiger partial charge in [-0.1, -0.05) is 42.5 Å². The molecule has 0 aromatic heterocycles. The molecule has 0 aliphatic carbocycles. The average Bonchev–Trinajstić information content (AvgIpc) is 2.68. The number of hydrogen-bond donors (Lipinski definition) is 4. The van der Waals surface area contributed by atoms with Gasteiger partial charge in [-0.25, -0.2) is 9.59 Å². The topological polar surface area (TPSA) is 82.3 Å². The zero-order valence-electron chi connectivity index (χ0n) is 16.7. The molecule has 0 fully saturated rings. The Labute approximate surface area is 170 Å². The Bertz CT molecular complexity index is 1050. The Hall–Kier alpha value is -3.80. The molecule has 3 rings (SSSR count). The summed E-state index contributed by atoms with van der Waals surface area (Å²) in [6, 6.07) is 19.8. The molecule has 0 bridgehead atoms. The summed E-state index contributed by atoms with van der Waals surface area (Å²) in [5.41, 5.74) is 5.51. The van der Waals surface area contributed by atoms with Crippen molar-refractivity contribution in [2.24, 2.45) is 0 Å². The first-order valence-electron chi connectivity index (χ1n) is 9.30. The van der Waals surface area contributed by atoms with E-state index in [4.69, 9.17) is 0 Å². The van der Waals surface area contributed by atoms with Crippen molar-refractivity contribution >= 4 is 34.8 Å². The lowest BCUT2D eigenvalue weighted by Gasteiger charge is -2.14. The van der Waals surface area contributed by atoms with Gasteiger partial charge in [0.05, 0.1) is 0 Å². The lowest BCUT2D eigenvalue weighted by atomic mass is 10.1. The zero-order chi connectivity index (χ0) is 20.8. The van der Waals surface area contributed by atoms with Crippen molar-refractivity contribution in [3.05, 3.63) is 83.4 Å². The minimum atomic E-state index is -0.349. The second-order valence-corrected chi connectivity index (χ2v) is 6.82. The number of amides is 4. The number of nitrogens with one attached hydrogen (secondary N) is 4. The molecule has 0 aliphatic heterocycles. The molecule has 29 heavy (non-hydrogen) atoms. The van der Waals surface area contributed by atoms with E-state index in [1.54, 1.807) is 12.1 Å². The Morgan fingerprint density at radius 1 is 0.552 bits per heavy atom. The summed E-state index contributed by atoms with van der Waals surface area (Å²) in [6.45, 7) is 5.75. The number of urea groups is 2. The van der Waals surface area contributed by atoms with Crippen LogP contribution < -0.4 is 21.3 Å². The number of carbonyl (C=O) groups is 2. The van der Waals surface area contributed by atoms with Crippen molar-refractivity contribution in [1.82, 2.24) is 0 Å². The molecule has 0 radical (unpaired) electrons. The maximum Gasteiger partial charge on any atom is 0.323 e. The molecular weight excluding hydrogens is 364 g/mol. The Balaban J connectivity index is 1.66. The van der Waals surface area contributed by atoms with E-state index in [2.05, 4.69) is 21.3 Å². The van der Waals surface area contributed by atoms with Gasteiger partial charge >= 0.3 is 12.1 Å². The molecular formula is C23H24N4O2. The zero-order valence-corrected chi connectivity index (χ0v) is 16.7. The molecule has 148 valence electrons. The van der Waals surface area contributed by atoms with Crippen LogP contribution >= 0.6 is 0 Å². The van der Waals surface area contributed by atoms with Gasteiger partial charge in [0.15, 0.2) is 0 Å². The highest BCUT2D eigenvalue weighted by atomic mass is 16.2. The molecule has 0 unspecified atom stereocenters. The summed E-state index contributed by atoms with van der Waals surface area (Å²) in [6.07, 6.45) is 0. The number of carbonyl (C=O) groups excluding carboxylic acids is 2. The van der Waals surface area contributed by atoms with Crippen LogP contribution in [0.3, 0.4) is 0 Å². The highest BCUT2D eigenvalue weighted by Crippen LogP contribution is 2.22. The fourth-order valence-corrected chi connectivity index (χ4v) is 2.82. The van der Waals surface area contributed by atoms with Gasteiger partial charge in [-0.3, -0.25) is 0 Å². The van der Waals surface area contributed by atoms with Gasteiger partial charge < -0.3 is 21.3 Å². The van der Waals surface area contributed by atoms with Gasteiger partial charge in [0.25, 0.3) is 0 Å². The monoisotopic (exact) mass is 388 g/mol. The van der Waals surface area contributed by atoms with E-state index in [1.165, 1.54) is 0 Å². The second-order valence-electron chi connectivity index (χ2n) is 6.82. The maximum absolute atomic E-state index is 12.4. The molecule has 0 heterocycles. The predicted molar refractivity (Wildman–Crippen MR) is 119 cm³/mol. The van der Waals surface area contributed by atoms with Crippen LogP contribution in [0.15, 0.2) is 66.7 Å². The van der Waals surface area contributed by atoms with E-state index in [-0.39, 0.29) is 12.1 Å². The summed E-state index contributed by atoms with van der Waals surface area (Å²) in [4.78, 5) is 24.7. The molecule has 0 spiro atoms. The van der Waals surface area contributed by atoms with E-state index in [0.717, 1.165) is 28.1 Å². The van der Waals surface area contributed by atoms with E-state index in [1.807, 2.05) is 75.4 Å². The summed E-state index contributed by atoms with van der Waals surface area (Å²) in [7, 11) is 0. The smallest absolute Gasteiger partial charge is 0.308 e. The van der Waals surface area contributed by atoms with Gasteiger partial charge in [-0.2, -0.15) is 0 Å². The summed E-state index contributed by atoms with van der Waals surface area (Å²) in [5, 5.41) is 11.3. The lowest BCUT2D eigenvalue weighted by molar-refractivity contribution is 0.261. The lowest BCUT2D eigenvalue weighted by Crippen LogP contribution is -2.22. The fourth-order valence-electron chi connectivity index (χ4n) is 2.82. The van der Waals surface area contributed by atoms with Crippen LogP contribution in [-0.4, -0.2) is 12.1 Å². The van der Waals surface area contributed by atoms with E-state index in [9.17, 15) is 9.59 Å². The highest BCUT2D eigenvalue weighted by Gasteiger charge is 2.09. The maximum atomic E-state index is 12.4. The Kier molecular flexibility index (Phi) is 6.14. The normalized spacial score (nSPS) is 10.2. The van der Waals surface area contributed by atoms with Crippen LogP contribution in [0.25, 0.3) is 0 Å². The third kappa shape index (κ3) is 5.35. The van der Waals surface area contributed by atoms with Crippen LogP contribution in [0.4, 0.5) is 32.3 Å². The van der Waals surface area contributed by atoms with Crippen molar-refractivity contribution in [1.29, 1.82) is 0 Å². The molecule has 0 saturated heterocycles. The highest BCUT2D eigenvalue weighted by molar-refractivity contribution is 6.03. The van der Waals surface area contributed by atoms with Crippen molar-refractivity contribution < 1.29 is 9.59 Å². The molecule has 0 saturated carbocycles. The predicted octanol–water partition coefficient (Wildman–Crippen LogP) is 5.90. The van der Waals surface area contributed by atoms with Crippen LogP contribution in [0, 0.1) is 20.8 Å². The summed E-state index contributed by atoms with van der Waals surface area (Å²) in [5.74, 6) is 0. The first kappa shape index (κ1) is 19.9. The van der Waals surface area contributed by atoms with E-state index < -0.39 is 0 Å². The number of para-hydroxylation sites is 2. The molecule has 4 N–H and O–H groups in total. The third-order valence-electron chi connectivity index (χ3n) is 4.53. The Morgan fingerprint density at radius 3 is 1.55 bits per heavy atom. The fraction of sp³-hybridized carbons (Fsp3) is 0.130. The Morgan fingerprint density at radius 2 is 1.00 bits per heavy atom. The quantitative estimate of drug-likeness (QED) is 0.449.